The van der Waals surface area contributed by atoms with Crippen LogP contribution < -0.4 is 14.2 Å². The fourth-order valence-corrected chi connectivity index (χ4v) is 8.85. The van der Waals surface area contributed by atoms with E-state index in [1.54, 1.807) is 33.1 Å². The quantitative estimate of drug-likeness (QED) is 0.243. The van der Waals surface area contributed by atoms with Crippen molar-refractivity contribution in [3.63, 3.8) is 0 Å². The SMILES string of the molecule is COc1ccc(-c2cc3c(O)cc4c(c3cc2OC)-c2ccc(SC)cc2C42CC(C)(C)CC(C)(C)C2)c(OC)c1. The molecule has 0 saturated heterocycles. The van der Waals surface area contributed by atoms with E-state index in [1.165, 1.54) is 33.6 Å². The van der Waals surface area contributed by atoms with E-state index in [-0.39, 0.29) is 16.2 Å². The van der Waals surface area contributed by atoms with Gasteiger partial charge >= 0.3 is 0 Å². The van der Waals surface area contributed by atoms with Crippen LogP contribution >= 0.6 is 11.8 Å². The maximum atomic E-state index is 11.7. The first-order valence-corrected chi connectivity index (χ1v) is 15.5. The second kappa shape index (κ2) is 9.62. The normalized spacial score (nSPS) is 17.8. The second-order valence-electron chi connectivity index (χ2n) is 13.3. The van der Waals surface area contributed by atoms with Gasteiger partial charge in [-0.15, -0.1) is 11.8 Å². The Kier molecular flexibility index (Phi) is 6.53. The van der Waals surface area contributed by atoms with Crippen LogP contribution in [0, 0.1) is 10.8 Å². The molecule has 4 aromatic rings. The van der Waals surface area contributed by atoms with Crippen LogP contribution in [0.2, 0.25) is 0 Å². The summed E-state index contributed by atoms with van der Waals surface area (Å²) in [4.78, 5) is 1.28. The first-order chi connectivity index (χ1) is 19.5. The van der Waals surface area contributed by atoms with E-state index in [0.717, 1.165) is 46.2 Å². The molecule has 1 spiro atoms. The molecule has 0 heterocycles. The van der Waals surface area contributed by atoms with Crippen molar-refractivity contribution in [1.29, 1.82) is 0 Å². The van der Waals surface area contributed by atoms with Crippen molar-refractivity contribution in [1.82, 2.24) is 0 Å². The molecule has 0 radical (unpaired) electrons. The zero-order chi connectivity index (χ0) is 29.3. The molecule has 2 aliphatic carbocycles. The van der Waals surface area contributed by atoms with E-state index in [1.807, 2.05) is 24.3 Å². The van der Waals surface area contributed by atoms with Crippen molar-refractivity contribution >= 4 is 22.5 Å². The molecule has 0 atom stereocenters. The first kappa shape index (κ1) is 27.8. The van der Waals surface area contributed by atoms with E-state index in [4.69, 9.17) is 14.2 Å². The van der Waals surface area contributed by atoms with Crippen molar-refractivity contribution in [3.8, 4) is 45.3 Å². The zero-order valence-electron chi connectivity index (χ0n) is 25.4. The summed E-state index contributed by atoms with van der Waals surface area (Å²) in [6, 6.07) is 18.9. The molecule has 0 bridgehead atoms. The molecule has 1 saturated carbocycles. The van der Waals surface area contributed by atoms with Crippen LogP contribution in [0.15, 0.2) is 59.5 Å². The van der Waals surface area contributed by atoms with Gasteiger partial charge in [-0.05, 0) is 106 Å². The van der Waals surface area contributed by atoms with Gasteiger partial charge < -0.3 is 19.3 Å². The summed E-state index contributed by atoms with van der Waals surface area (Å²) in [5.74, 6) is 2.44. The Balaban J connectivity index is 1.67. The molecule has 0 unspecified atom stereocenters. The van der Waals surface area contributed by atoms with E-state index in [2.05, 4.69) is 64.3 Å². The first-order valence-electron chi connectivity index (χ1n) is 14.3. The summed E-state index contributed by atoms with van der Waals surface area (Å²) >= 11 is 1.79. The number of hydrogen-bond donors (Lipinski definition) is 1. The van der Waals surface area contributed by atoms with Crippen LogP contribution in [0.3, 0.4) is 0 Å². The van der Waals surface area contributed by atoms with Gasteiger partial charge in [-0.1, -0.05) is 33.8 Å². The number of thioether (sulfide) groups is 1. The third kappa shape index (κ3) is 4.35. The molecular weight excluding hydrogens is 528 g/mol. The summed E-state index contributed by atoms with van der Waals surface area (Å²) in [5.41, 5.74) is 7.02. The lowest BCUT2D eigenvalue weighted by Gasteiger charge is -2.51. The number of methoxy groups -OCH3 is 3. The monoisotopic (exact) mass is 568 g/mol. The summed E-state index contributed by atoms with van der Waals surface area (Å²) in [7, 11) is 5.00. The Morgan fingerprint density at radius 1 is 0.659 bits per heavy atom. The third-order valence-corrected chi connectivity index (χ3v) is 9.90. The number of ether oxygens (including phenoxy) is 3. The van der Waals surface area contributed by atoms with Crippen molar-refractivity contribution in [3.05, 3.63) is 65.7 Å². The Labute approximate surface area is 248 Å². The van der Waals surface area contributed by atoms with Crippen LogP contribution in [-0.2, 0) is 5.41 Å². The molecule has 4 nitrogen and oxygen atoms in total. The van der Waals surface area contributed by atoms with Crippen LogP contribution in [0.4, 0.5) is 0 Å². The van der Waals surface area contributed by atoms with Gasteiger partial charge in [0.25, 0.3) is 0 Å². The Morgan fingerprint density at radius 2 is 1.32 bits per heavy atom. The van der Waals surface area contributed by atoms with E-state index in [9.17, 15) is 5.11 Å². The molecule has 1 N–H and O–H groups in total. The summed E-state index contributed by atoms with van der Waals surface area (Å²) < 4.78 is 17.2. The van der Waals surface area contributed by atoms with E-state index in [0.29, 0.717) is 11.5 Å². The minimum absolute atomic E-state index is 0.160. The predicted molar refractivity (Wildman–Crippen MR) is 170 cm³/mol. The van der Waals surface area contributed by atoms with Gasteiger partial charge in [-0.2, -0.15) is 0 Å². The Bertz CT molecular complexity index is 1670. The number of phenolic OH excluding ortho intramolecular Hbond substituents is 1. The molecule has 214 valence electrons. The number of hydrogen-bond acceptors (Lipinski definition) is 5. The largest absolute Gasteiger partial charge is 0.507 e. The lowest BCUT2D eigenvalue weighted by Crippen LogP contribution is -2.43. The van der Waals surface area contributed by atoms with Gasteiger partial charge in [0.15, 0.2) is 0 Å². The highest BCUT2D eigenvalue weighted by Crippen LogP contribution is 2.65. The molecule has 4 aromatic carbocycles. The average molecular weight is 569 g/mol. The highest BCUT2D eigenvalue weighted by molar-refractivity contribution is 7.98. The minimum atomic E-state index is -0.168. The van der Waals surface area contributed by atoms with E-state index < -0.39 is 0 Å². The van der Waals surface area contributed by atoms with Gasteiger partial charge in [-0.25, -0.2) is 0 Å². The maximum Gasteiger partial charge on any atom is 0.130 e. The van der Waals surface area contributed by atoms with Crippen LogP contribution in [0.25, 0.3) is 33.0 Å². The van der Waals surface area contributed by atoms with Crippen molar-refractivity contribution in [2.24, 2.45) is 10.8 Å². The summed E-state index contributed by atoms with van der Waals surface area (Å²) in [6.45, 7) is 9.63. The molecule has 2 aliphatic rings. The van der Waals surface area contributed by atoms with Gasteiger partial charge in [0, 0.05) is 32.9 Å². The molecule has 41 heavy (non-hydrogen) atoms. The molecule has 5 heteroatoms. The summed E-state index contributed by atoms with van der Waals surface area (Å²) in [5, 5.41) is 13.6. The van der Waals surface area contributed by atoms with Gasteiger partial charge in [0.2, 0.25) is 0 Å². The number of benzene rings is 4. The Morgan fingerprint density at radius 3 is 1.95 bits per heavy atom. The van der Waals surface area contributed by atoms with Crippen molar-refractivity contribution in [2.75, 3.05) is 27.6 Å². The highest BCUT2D eigenvalue weighted by Gasteiger charge is 2.53. The van der Waals surface area contributed by atoms with Gasteiger partial charge in [0.05, 0.1) is 21.3 Å². The minimum Gasteiger partial charge on any atom is -0.507 e. The number of phenols is 1. The number of fused-ring (bicyclic) bond motifs is 7. The lowest BCUT2D eigenvalue weighted by atomic mass is 9.52. The van der Waals surface area contributed by atoms with Gasteiger partial charge in [0.1, 0.15) is 23.0 Å². The number of aromatic hydroxyl groups is 1. The van der Waals surface area contributed by atoms with E-state index >= 15 is 0 Å². The average Bonchev–Trinajstić information content (AvgIpc) is 3.17. The van der Waals surface area contributed by atoms with Crippen LogP contribution in [0.5, 0.6) is 23.0 Å². The topological polar surface area (TPSA) is 47.9 Å². The molecule has 0 aliphatic heterocycles. The molecule has 1 fully saturated rings. The smallest absolute Gasteiger partial charge is 0.130 e. The third-order valence-electron chi connectivity index (χ3n) is 9.18. The standard InChI is InChI=1S/C36H40O4S/c1-34(2)18-35(3,4)20-36(19-34)28-14-22(41-8)10-12-24(28)33-27-16-32(40-7)26(15-25(27)30(37)17-29(33)36)23-11-9-21(38-5)13-31(23)39-6/h9-17,37H,18-20H2,1-8H3. The molecule has 0 amide bonds. The predicted octanol–water partition coefficient (Wildman–Crippen LogP) is 9.46. The molecule has 0 aromatic heterocycles. The second-order valence-corrected chi connectivity index (χ2v) is 14.2. The fourth-order valence-electron chi connectivity index (χ4n) is 8.41. The maximum absolute atomic E-state index is 11.7. The van der Waals surface area contributed by atoms with Crippen LogP contribution in [-0.4, -0.2) is 32.7 Å². The van der Waals surface area contributed by atoms with Crippen molar-refractivity contribution < 1.29 is 19.3 Å². The molecular formula is C36H40O4S. The molecule has 6 rings (SSSR count). The lowest BCUT2D eigenvalue weighted by molar-refractivity contribution is 0.0644. The summed E-state index contributed by atoms with van der Waals surface area (Å²) in [6.07, 6.45) is 5.41. The fraction of sp³-hybridized carbons (Fsp3) is 0.389. The van der Waals surface area contributed by atoms with Crippen molar-refractivity contribution in [2.45, 2.75) is 57.3 Å². The van der Waals surface area contributed by atoms with Crippen LogP contribution in [0.1, 0.15) is 58.1 Å². The van der Waals surface area contributed by atoms with Gasteiger partial charge in [-0.3, -0.25) is 0 Å². The number of rotatable bonds is 5. The zero-order valence-corrected chi connectivity index (χ0v) is 26.2. The Hall–Kier alpha value is -3.31. The highest BCUT2D eigenvalue weighted by atomic mass is 32.2.